The smallest absolute Gasteiger partial charge is 0.278 e. The third-order valence-electron chi connectivity index (χ3n) is 5.16. The van der Waals surface area contributed by atoms with Gasteiger partial charge in [0.2, 0.25) is 0 Å². The van der Waals surface area contributed by atoms with E-state index in [1.807, 2.05) is 52.7 Å². The molecule has 0 saturated heterocycles. The zero-order valence-corrected chi connectivity index (χ0v) is 15.9. The summed E-state index contributed by atoms with van der Waals surface area (Å²) >= 11 is 1.48. The Hall–Kier alpha value is -3.25. The van der Waals surface area contributed by atoms with Gasteiger partial charge in [-0.25, -0.2) is 0 Å². The van der Waals surface area contributed by atoms with Crippen LogP contribution in [0.25, 0.3) is 5.57 Å². The summed E-state index contributed by atoms with van der Waals surface area (Å²) < 4.78 is 0. The first-order valence-electron chi connectivity index (χ1n) is 9.13. The fourth-order valence-corrected chi connectivity index (χ4v) is 4.60. The molecule has 138 valence electrons. The number of benzene rings is 1. The molecule has 5 rings (SSSR count). The highest BCUT2D eigenvalue weighted by Crippen LogP contribution is 2.39. The summed E-state index contributed by atoms with van der Waals surface area (Å²) in [5, 5.41) is 1.93. The summed E-state index contributed by atoms with van der Waals surface area (Å²) in [5.41, 5.74) is 4.09. The number of rotatable bonds is 4. The average molecular weight is 387 g/mol. The molecule has 0 aliphatic carbocycles. The van der Waals surface area contributed by atoms with Crippen LogP contribution in [0, 0.1) is 0 Å². The number of imide groups is 1. The number of fused-ring (bicyclic) bond motifs is 1. The minimum atomic E-state index is -0.234. The lowest BCUT2D eigenvalue weighted by atomic mass is 10.1. The van der Waals surface area contributed by atoms with Gasteiger partial charge in [0, 0.05) is 29.5 Å². The summed E-state index contributed by atoms with van der Waals surface area (Å²) in [6, 6.07) is 15.5. The minimum Gasteiger partial charge on any atom is -0.336 e. The number of thiophene rings is 1. The number of hydrogen-bond donors (Lipinski definition) is 0. The molecular formula is C22H17N3O2S. The van der Waals surface area contributed by atoms with Gasteiger partial charge in [-0.1, -0.05) is 24.3 Å². The topological polar surface area (TPSA) is 53.5 Å². The molecule has 0 unspecified atom stereocenters. The van der Waals surface area contributed by atoms with E-state index < -0.39 is 0 Å². The van der Waals surface area contributed by atoms with Crippen molar-refractivity contribution in [3.8, 4) is 0 Å². The summed E-state index contributed by atoms with van der Waals surface area (Å²) in [6.45, 7) is 0.944. The molecule has 0 spiro atoms. The molecule has 28 heavy (non-hydrogen) atoms. The van der Waals surface area contributed by atoms with Crippen molar-refractivity contribution in [2.45, 2.75) is 13.0 Å². The first kappa shape index (κ1) is 16.9. The van der Waals surface area contributed by atoms with Crippen LogP contribution in [0.15, 0.2) is 72.0 Å². The highest BCUT2D eigenvalue weighted by molar-refractivity contribution is 7.11. The molecule has 0 fully saturated rings. The van der Waals surface area contributed by atoms with Gasteiger partial charge in [-0.2, -0.15) is 0 Å². The van der Waals surface area contributed by atoms with Crippen LogP contribution >= 0.6 is 11.3 Å². The molecule has 0 bridgehead atoms. The number of pyridine rings is 1. The van der Waals surface area contributed by atoms with Crippen LogP contribution in [0.2, 0.25) is 0 Å². The zero-order valence-electron chi connectivity index (χ0n) is 15.0. The van der Waals surface area contributed by atoms with Crippen molar-refractivity contribution in [1.82, 2.24) is 9.88 Å². The lowest BCUT2D eigenvalue weighted by molar-refractivity contribution is -0.137. The summed E-state index contributed by atoms with van der Waals surface area (Å²) in [7, 11) is 0. The second-order valence-corrected chi connectivity index (χ2v) is 7.73. The Morgan fingerprint density at radius 1 is 0.964 bits per heavy atom. The molecule has 4 heterocycles. The van der Waals surface area contributed by atoms with Crippen molar-refractivity contribution in [3.63, 3.8) is 0 Å². The van der Waals surface area contributed by atoms with E-state index in [0.717, 1.165) is 22.5 Å². The van der Waals surface area contributed by atoms with Crippen LogP contribution in [0.5, 0.6) is 0 Å². The van der Waals surface area contributed by atoms with Crippen LogP contribution in [0.1, 0.15) is 16.0 Å². The lowest BCUT2D eigenvalue weighted by Gasteiger charge is -2.21. The molecule has 1 aromatic carbocycles. The van der Waals surface area contributed by atoms with Gasteiger partial charge in [0.15, 0.2) is 0 Å². The highest BCUT2D eigenvalue weighted by atomic mass is 32.1. The Bertz CT molecular complexity index is 1090. The molecular weight excluding hydrogens is 370 g/mol. The lowest BCUT2D eigenvalue weighted by Crippen LogP contribution is -2.34. The predicted molar refractivity (Wildman–Crippen MR) is 109 cm³/mol. The molecule has 0 saturated carbocycles. The summed E-state index contributed by atoms with van der Waals surface area (Å²) in [6.07, 6.45) is 4.21. The van der Waals surface area contributed by atoms with E-state index >= 15 is 0 Å². The van der Waals surface area contributed by atoms with Crippen LogP contribution in [0.4, 0.5) is 5.69 Å². The van der Waals surface area contributed by atoms with Gasteiger partial charge >= 0.3 is 0 Å². The molecule has 2 aliphatic rings. The van der Waals surface area contributed by atoms with Gasteiger partial charge in [-0.05, 0) is 47.2 Å². The van der Waals surface area contributed by atoms with Crippen molar-refractivity contribution in [2.75, 3.05) is 11.4 Å². The standard InChI is InChI=1S/C22H17N3O2S/c26-21-19(18-6-3-13-28-18)20(24-12-9-16-4-1-2-5-17(16)24)22(27)25(21)14-15-7-10-23-11-8-15/h1-8,10-11,13H,9,12,14H2. The number of para-hydroxylation sites is 1. The third-order valence-corrected chi connectivity index (χ3v) is 6.05. The second kappa shape index (κ2) is 6.73. The average Bonchev–Trinajstić information content (AvgIpc) is 3.44. The largest absolute Gasteiger partial charge is 0.336 e. The van der Waals surface area contributed by atoms with Crippen LogP contribution < -0.4 is 4.90 Å². The zero-order chi connectivity index (χ0) is 19.1. The van der Waals surface area contributed by atoms with Gasteiger partial charge in [0.05, 0.1) is 12.1 Å². The number of aromatic nitrogens is 1. The maximum atomic E-state index is 13.4. The first-order chi connectivity index (χ1) is 13.7. The van der Waals surface area contributed by atoms with Crippen molar-refractivity contribution in [3.05, 3.63) is 88.0 Å². The SMILES string of the molecule is O=C1C(c2cccs2)=C(N2CCc3ccccc32)C(=O)N1Cc1ccncc1. The van der Waals surface area contributed by atoms with Crippen molar-refractivity contribution in [2.24, 2.45) is 0 Å². The Labute approximate surface area is 166 Å². The van der Waals surface area contributed by atoms with Crippen LogP contribution in [0.3, 0.4) is 0 Å². The normalized spacial score (nSPS) is 16.3. The molecule has 2 aromatic heterocycles. The van der Waals surface area contributed by atoms with Gasteiger partial charge in [0.1, 0.15) is 5.70 Å². The Kier molecular flexibility index (Phi) is 4.06. The van der Waals surface area contributed by atoms with Crippen molar-refractivity contribution in [1.29, 1.82) is 0 Å². The number of hydrogen-bond acceptors (Lipinski definition) is 5. The van der Waals surface area contributed by atoms with Crippen molar-refractivity contribution >= 4 is 34.4 Å². The summed E-state index contributed by atoms with van der Waals surface area (Å²) in [5.74, 6) is -0.467. The van der Waals surface area contributed by atoms with Gasteiger partial charge in [-0.15, -0.1) is 11.3 Å². The van der Waals surface area contributed by atoms with E-state index in [1.54, 1.807) is 12.4 Å². The molecule has 2 amide bonds. The number of amides is 2. The fraction of sp³-hybridized carbons (Fsp3) is 0.136. The number of carbonyl (C=O) groups excluding carboxylic acids is 2. The molecule has 2 aliphatic heterocycles. The van der Waals surface area contributed by atoms with Crippen LogP contribution in [-0.2, 0) is 22.6 Å². The van der Waals surface area contributed by atoms with Crippen LogP contribution in [-0.4, -0.2) is 28.2 Å². The maximum absolute atomic E-state index is 13.4. The quantitative estimate of drug-likeness (QED) is 0.643. The monoisotopic (exact) mass is 387 g/mol. The van der Waals surface area contributed by atoms with Crippen molar-refractivity contribution < 1.29 is 9.59 Å². The van der Waals surface area contributed by atoms with Gasteiger partial charge in [-0.3, -0.25) is 19.5 Å². The number of carbonyl (C=O) groups is 2. The molecule has 3 aromatic rings. The Morgan fingerprint density at radius 3 is 2.57 bits per heavy atom. The van der Waals surface area contributed by atoms with Gasteiger partial charge < -0.3 is 4.90 Å². The Balaban J connectivity index is 1.60. The maximum Gasteiger partial charge on any atom is 0.278 e. The molecule has 6 heteroatoms. The number of nitrogens with zero attached hydrogens (tertiary/aromatic N) is 3. The first-order valence-corrected chi connectivity index (χ1v) is 10.0. The second-order valence-electron chi connectivity index (χ2n) is 6.78. The van der Waals surface area contributed by atoms with E-state index in [-0.39, 0.29) is 18.4 Å². The van der Waals surface area contributed by atoms with E-state index in [4.69, 9.17) is 0 Å². The van der Waals surface area contributed by atoms with E-state index in [9.17, 15) is 9.59 Å². The number of anilines is 1. The molecule has 5 nitrogen and oxygen atoms in total. The molecule has 0 N–H and O–H groups in total. The highest BCUT2D eigenvalue weighted by Gasteiger charge is 2.43. The van der Waals surface area contributed by atoms with E-state index in [2.05, 4.69) is 11.1 Å². The van der Waals surface area contributed by atoms with E-state index in [1.165, 1.54) is 21.8 Å². The predicted octanol–water partition coefficient (Wildman–Crippen LogP) is 3.49. The summed E-state index contributed by atoms with van der Waals surface area (Å²) in [4.78, 5) is 34.9. The molecule has 0 atom stereocenters. The van der Waals surface area contributed by atoms with Gasteiger partial charge in [0.25, 0.3) is 11.8 Å². The fourth-order valence-electron chi connectivity index (χ4n) is 3.84. The minimum absolute atomic E-state index is 0.233. The third kappa shape index (κ3) is 2.65. The molecule has 0 radical (unpaired) electrons. The Morgan fingerprint density at radius 2 is 1.79 bits per heavy atom. The van der Waals surface area contributed by atoms with E-state index in [0.29, 0.717) is 17.8 Å².